The molecule has 1 N–H and O–H groups in total. The van der Waals surface area contributed by atoms with Crippen molar-refractivity contribution < 1.29 is 4.79 Å². The molecule has 0 bridgehead atoms. The third-order valence-corrected chi connectivity index (χ3v) is 5.60. The first-order valence-corrected chi connectivity index (χ1v) is 9.64. The van der Waals surface area contributed by atoms with Crippen molar-refractivity contribution in [3.05, 3.63) is 57.5 Å². The summed E-state index contributed by atoms with van der Waals surface area (Å²) in [5.41, 5.74) is 2.77. The van der Waals surface area contributed by atoms with E-state index in [1.807, 2.05) is 32.0 Å². The number of amides is 1. The van der Waals surface area contributed by atoms with E-state index in [0.29, 0.717) is 19.4 Å². The number of hydrogen-bond acceptors (Lipinski definition) is 4. The Morgan fingerprint density at radius 2 is 2.12 bits per heavy atom. The van der Waals surface area contributed by atoms with Crippen LogP contribution >= 0.6 is 11.8 Å². The fourth-order valence-electron chi connectivity index (χ4n) is 3.16. The lowest BCUT2D eigenvalue weighted by Gasteiger charge is -2.15. The fourth-order valence-corrected chi connectivity index (χ4v) is 4.34. The number of benzene rings is 1. The standard InChI is InChI=1S/C19H23N3O2S/c1-3-16-13(2)21-19-22(18(16)24)15(12-25-19)11-17(23)20-10-9-14-7-5-4-6-8-14/h4-8,15H,3,9-12H2,1-2H3,(H,20,23). The van der Waals surface area contributed by atoms with Gasteiger partial charge in [-0.25, -0.2) is 4.98 Å². The predicted molar refractivity (Wildman–Crippen MR) is 100 cm³/mol. The largest absolute Gasteiger partial charge is 0.356 e. The number of nitrogens with one attached hydrogen (secondary N) is 1. The van der Waals surface area contributed by atoms with Gasteiger partial charge in [0.2, 0.25) is 5.91 Å². The van der Waals surface area contributed by atoms with Crippen LogP contribution in [0.3, 0.4) is 0 Å². The summed E-state index contributed by atoms with van der Waals surface area (Å²) in [4.78, 5) is 29.5. The monoisotopic (exact) mass is 357 g/mol. The molecule has 1 aromatic heterocycles. The molecule has 0 radical (unpaired) electrons. The van der Waals surface area contributed by atoms with E-state index < -0.39 is 0 Å². The van der Waals surface area contributed by atoms with Gasteiger partial charge in [0.05, 0.1) is 6.04 Å². The molecule has 1 unspecified atom stereocenters. The van der Waals surface area contributed by atoms with Crippen molar-refractivity contribution in [3.63, 3.8) is 0 Å². The highest BCUT2D eigenvalue weighted by Gasteiger charge is 2.28. The van der Waals surface area contributed by atoms with Crippen LogP contribution in [0.1, 0.15) is 36.2 Å². The van der Waals surface area contributed by atoms with E-state index in [1.54, 1.807) is 16.3 Å². The van der Waals surface area contributed by atoms with E-state index in [1.165, 1.54) is 5.56 Å². The Balaban J connectivity index is 1.62. The molecule has 5 nitrogen and oxygen atoms in total. The van der Waals surface area contributed by atoms with Crippen molar-refractivity contribution in [1.82, 2.24) is 14.9 Å². The van der Waals surface area contributed by atoms with Crippen LogP contribution in [-0.2, 0) is 17.6 Å². The smallest absolute Gasteiger partial charge is 0.257 e. The number of fused-ring (bicyclic) bond motifs is 1. The maximum atomic E-state index is 12.7. The van der Waals surface area contributed by atoms with Gasteiger partial charge in [-0.05, 0) is 25.3 Å². The van der Waals surface area contributed by atoms with Crippen LogP contribution < -0.4 is 10.9 Å². The van der Waals surface area contributed by atoms with Gasteiger partial charge in [-0.1, -0.05) is 49.0 Å². The van der Waals surface area contributed by atoms with Crippen LogP contribution in [0.5, 0.6) is 0 Å². The first-order valence-electron chi connectivity index (χ1n) is 8.65. The summed E-state index contributed by atoms with van der Waals surface area (Å²) in [5.74, 6) is 0.709. The molecule has 0 aliphatic carbocycles. The van der Waals surface area contributed by atoms with Crippen LogP contribution in [-0.4, -0.2) is 27.8 Å². The van der Waals surface area contributed by atoms with Gasteiger partial charge in [0.15, 0.2) is 5.16 Å². The van der Waals surface area contributed by atoms with Crippen molar-refractivity contribution in [3.8, 4) is 0 Å². The molecule has 1 atom stereocenters. The van der Waals surface area contributed by atoms with E-state index in [4.69, 9.17) is 0 Å². The highest BCUT2D eigenvalue weighted by Crippen LogP contribution is 2.32. The highest BCUT2D eigenvalue weighted by molar-refractivity contribution is 7.99. The summed E-state index contributed by atoms with van der Waals surface area (Å²) in [5, 5.41) is 3.70. The van der Waals surface area contributed by atoms with Gasteiger partial charge >= 0.3 is 0 Å². The zero-order valence-electron chi connectivity index (χ0n) is 14.6. The molecule has 1 amide bonds. The maximum Gasteiger partial charge on any atom is 0.257 e. The molecule has 0 fully saturated rings. The predicted octanol–water partition coefficient (Wildman–Crippen LogP) is 2.51. The van der Waals surface area contributed by atoms with E-state index in [9.17, 15) is 9.59 Å². The average Bonchev–Trinajstić information content (AvgIpc) is 2.98. The van der Waals surface area contributed by atoms with Gasteiger partial charge in [0.1, 0.15) is 0 Å². The average molecular weight is 357 g/mol. The topological polar surface area (TPSA) is 64.0 Å². The molecule has 6 heteroatoms. The van der Waals surface area contributed by atoms with Crippen molar-refractivity contribution in [1.29, 1.82) is 0 Å². The second-order valence-corrected chi connectivity index (χ2v) is 7.23. The van der Waals surface area contributed by atoms with Crippen LogP contribution in [0.2, 0.25) is 0 Å². The van der Waals surface area contributed by atoms with Gasteiger partial charge in [-0.2, -0.15) is 0 Å². The number of aryl methyl sites for hydroxylation is 1. The number of carbonyl (C=O) groups excluding carboxylic acids is 1. The summed E-state index contributed by atoms with van der Waals surface area (Å²) in [6.45, 7) is 4.45. The minimum atomic E-state index is -0.109. The molecule has 0 saturated heterocycles. The minimum Gasteiger partial charge on any atom is -0.356 e. The SMILES string of the molecule is CCc1c(C)nc2n(c1=O)C(CC(=O)NCCc1ccccc1)CS2. The lowest BCUT2D eigenvalue weighted by atomic mass is 10.1. The number of hydrogen-bond donors (Lipinski definition) is 1. The van der Waals surface area contributed by atoms with Gasteiger partial charge < -0.3 is 5.32 Å². The van der Waals surface area contributed by atoms with E-state index in [2.05, 4.69) is 22.4 Å². The molecule has 1 aliphatic heterocycles. The fraction of sp³-hybridized carbons (Fsp3) is 0.421. The zero-order valence-corrected chi connectivity index (χ0v) is 15.4. The van der Waals surface area contributed by atoms with Gasteiger partial charge in [0.25, 0.3) is 5.56 Å². The molecular weight excluding hydrogens is 334 g/mol. The quantitative estimate of drug-likeness (QED) is 0.807. The van der Waals surface area contributed by atoms with Gasteiger partial charge in [-0.3, -0.25) is 14.2 Å². The number of rotatable bonds is 6. The number of carbonyl (C=O) groups is 1. The summed E-state index contributed by atoms with van der Waals surface area (Å²) in [7, 11) is 0. The highest BCUT2D eigenvalue weighted by atomic mass is 32.2. The first kappa shape index (κ1) is 17.7. The maximum absolute atomic E-state index is 12.7. The molecule has 1 aromatic carbocycles. The van der Waals surface area contributed by atoms with E-state index >= 15 is 0 Å². The van der Waals surface area contributed by atoms with Crippen LogP contribution in [0.4, 0.5) is 0 Å². The van der Waals surface area contributed by atoms with Crippen molar-refractivity contribution in [2.24, 2.45) is 0 Å². The number of thioether (sulfide) groups is 1. The second-order valence-electron chi connectivity index (χ2n) is 6.24. The third kappa shape index (κ3) is 3.95. The van der Waals surface area contributed by atoms with E-state index in [-0.39, 0.29) is 17.5 Å². The molecule has 2 aromatic rings. The Morgan fingerprint density at radius 1 is 1.36 bits per heavy atom. The molecule has 0 spiro atoms. The zero-order chi connectivity index (χ0) is 17.8. The van der Waals surface area contributed by atoms with Crippen LogP contribution in [0, 0.1) is 6.92 Å². The second kappa shape index (κ2) is 7.87. The summed E-state index contributed by atoms with van der Waals surface area (Å²) in [6, 6.07) is 9.97. The third-order valence-electron chi connectivity index (χ3n) is 4.51. The summed E-state index contributed by atoms with van der Waals surface area (Å²) < 4.78 is 1.72. The van der Waals surface area contributed by atoms with E-state index in [0.717, 1.165) is 28.6 Å². The number of aromatic nitrogens is 2. The van der Waals surface area contributed by atoms with Crippen LogP contribution in [0.25, 0.3) is 0 Å². The summed E-state index contributed by atoms with van der Waals surface area (Å²) >= 11 is 1.56. The Hall–Kier alpha value is -2.08. The molecule has 0 saturated carbocycles. The number of nitrogens with zero attached hydrogens (tertiary/aromatic N) is 2. The Bertz CT molecular complexity index is 817. The van der Waals surface area contributed by atoms with Gasteiger partial charge in [-0.15, -0.1) is 0 Å². The molecule has 2 heterocycles. The Morgan fingerprint density at radius 3 is 2.84 bits per heavy atom. The van der Waals surface area contributed by atoms with Gasteiger partial charge in [0, 0.05) is 30.0 Å². The first-order chi connectivity index (χ1) is 12.1. The van der Waals surface area contributed by atoms with Crippen molar-refractivity contribution in [2.75, 3.05) is 12.3 Å². The summed E-state index contributed by atoms with van der Waals surface area (Å²) in [6.07, 6.45) is 1.80. The normalized spacial score (nSPS) is 15.8. The Kier molecular flexibility index (Phi) is 5.58. The van der Waals surface area contributed by atoms with Crippen molar-refractivity contribution >= 4 is 17.7 Å². The molecule has 3 rings (SSSR count). The molecule has 25 heavy (non-hydrogen) atoms. The Labute approximate surface area is 151 Å². The minimum absolute atomic E-state index is 0.0112. The molecular formula is C19H23N3O2S. The van der Waals surface area contributed by atoms with Crippen LogP contribution in [0.15, 0.2) is 40.3 Å². The molecule has 132 valence electrons. The molecule has 1 aliphatic rings. The lowest BCUT2D eigenvalue weighted by Crippen LogP contribution is -2.33. The lowest BCUT2D eigenvalue weighted by molar-refractivity contribution is -0.121. The van der Waals surface area contributed by atoms with Crippen molar-refractivity contribution in [2.45, 2.75) is 44.3 Å².